The first kappa shape index (κ1) is 32.2. The topological polar surface area (TPSA) is 99.4 Å². The van der Waals surface area contributed by atoms with E-state index in [-0.39, 0.29) is 25.6 Å². The van der Waals surface area contributed by atoms with Gasteiger partial charge in [0.2, 0.25) is 0 Å². The van der Waals surface area contributed by atoms with Crippen LogP contribution in [0.25, 0.3) is 33.4 Å². The lowest BCUT2D eigenvalue weighted by Crippen LogP contribution is -2.10. The molecule has 2 aromatic rings. The third kappa shape index (κ3) is 7.50. The van der Waals surface area contributed by atoms with Crippen LogP contribution in [-0.2, 0) is 14.3 Å². The van der Waals surface area contributed by atoms with Crippen LogP contribution in [-0.4, -0.2) is 44.8 Å². The third-order valence-corrected chi connectivity index (χ3v) is 6.32. The van der Waals surface area contributed by atoms with Gasteiger partial charge in [-0.25, -0.2) is 9.59 Å². The zero-order valence-corrected chi connectivity index (χ0v) is 25.3. The van der Waals surface area contributed by atoms with Crippen LogP contribution in [0.3, 0.4) is 0 Å². The standard InChI is InChI=1S/C33H36N2O6.ClH/c1-6-34-22-10-13-26-29(18-22)41-30-19-23(35-7-2)11-14-27(30)31(26)25-15-12-24(20-28(25)33(37)38-8-3)39-16-9-17-40-32(36)21(4)5;/h10-15,18-20,34H,4,6-9,16-17H2,1-3,5H3;1H. The van der Waals surface area contributed by atoms with E-state index in [1.54, 1.807) is 19.9 Å². The van der Waals surface area contributed by atoms with Crippen LogP contribution >= 0.6 is 12.4 Å². The molecule has 0 saturated carbocycles. The molecule has 1 N–H and O–H groups in total. The normalized spacial score (nSPS) is 11.2. The van der Waals surface area contributed by atoms with Crippen LogP contribution in [0.5, 0.6) is 5.75 Å². The summed E-state index contributed by atoms with van der Waals surface area (Å²) in [5, 5.41) is 5.01. The summed E-state index contributed by atoms with van der Waals surface area (Å²) in [5.41, 5.74) is 4.75. The van der Waals surface area contributed by atoms with E-state index in [0.717, 1.165) is 34.1 Å². The van der Waals surface area contributed by atoms with E-state index in [0.29, 0.717) is 53.4 Å². The van der Waals surface area contributed by atoms with Crippen LogP contribution < -0.4 is 15.4 Å². The molecule has 0 fully saturated rings. The number of fused-ring (bicyclic) bond motifs is 2. The molecule has 222 valence electrons. The van der Waals surface area contributed by atoms with Crippen LogP contribution in [0.2, 0.25) is 0 Å². The summed E-state index contributed by atoms with van der Waals surface area (Å²) in [6.07, 6.45) is 0.490. The predicted molar refractivity (Wildman–Crippen MR) is 168 cm³/mol. The predicted octanol–water partition coefficient (Wildman–Crippen LogP) is 7.04. The molecule has 0 amide bonds. The van der Waals surface area contributed by atoms with Gasteiger partial charge in [0.05, 0.1) is 30.7 Å². The number of nitrogens with zero attached hydrogens (tertiary/aromatic N) is 1. The number of carbonyl (C=O) groups excluding carboxylic acids is 2. The Kier molecular flexibility index (Phi) is 11.6. The molecule has 9 heteroatoms. The van der Waals surface area contributed by atoms with E-state index in [9.17, 15) is 9.59 Å². The minimum atomic E-state index is -0.452. The second kappa shape index (κ2) is 15.1. The minimum absolute atomic E-state index is 0. The molecule has 0 bridgehead atoms. The van der Waals surface area contributed by atoms with E-state index in [4.69, 9.17) is 18.6 Å². The minimum Gasteiger partial charge on any atom is -0.493 e. The van der Waals surface area contributed by atoms with Gasteiger partial charge in [-0.05, 0) is 75.7 Å². The Morgan fingerprint density at radius 2 is 1.74 bits per heavy atom. The molecule has 1 aliphatic carbocycles. The number of esters is 2. The first-order valence-corrected chi connectivity index (χ1v) is 13.9. The van der Waals surface area contributed by atoms with Gasteiger partial charge in [0.15, 0.2) is 0 Å². The number of ether oxygens (including phenoxy) is 3. The lowest BCUT2D eigenvalue weighted by atomic mass is 9.90. The summed E-state index contributed by atoms with van der Waals surface area (Å²) >= 11 is 0. The van der Waals surface area contributed by atoms with Crippen LogP contribution in [0, 0.1) is 0 Å². The van der Waals surface area contributed by atoms with Crippen molar-refractivity contribution in [1.29, 1.82) is 0 Å². The van der Waals surface area contributed by atoms with Crippen LogP contribution in [0.1, 0.15) is 44.5 Å². The van der Waals surface area contributed by atoms with Gasteiger partial charge in [0, 0.05) is 59.4 Å². The van der Waals surface area contributed by atoms with Crippen LogP contribution in [0.15, 0.2) is 76.2 Å². The van der Waals surface area contributed by atoms with Gasteiger partial charge in [-0.1, -0.05) is 6.58 Å². The Morgan fingerprint density at radius 3 is 2.45 bits per heavy atom. The van der Waals surface area contributed by atoms with Crippen molar-refractivity contribution in [3.8, 4) is 28.2 Å². The summed E-state index contributed by atoms with van der Waals surface area (Å²) in [7, 11) is 0. The third-order valence-electron chi connectivity index (χ3n) is 6.32. The zero-order chi connectivity index (χ0) is 29.4. The first-order chi connectivity index (χ1) is 19.9. The molecular formula is C33H37ClN2O6. The summed E-state index contributed by atoms with van der Waals surface area (Å²) in [6, 6.07) is 17.2. The SMILES string of the molecule is C=C(C)C(=O)OCCCOc1ccc(-c2c3ccc(=NCC)cc-3oc3cc(NCC)ccc23)c(C(=O)OCC)c1.Cl. The van der Waals surface area contributed by atoms with Crippen molar-refractivity contribution in [3.05, 3.63) is 77.7 Å². The molecule has 4 rings (SSSR count). The lowest BCUT2D eigenvalue weighted by Gasteiger charge is -2.19. The molecular weight excluding hydrogens is 556 g/mol. The number of carbonyl (C=O) groups is 2. The molecule has 42 heavy (non-hydrogen) atoms. The van der Waals surface area contributed by atoms with E-state index in [1.807, 2.05) is 62.4 Å². The van der Waals surface area contributed by atoms with E-state index in [1.165, 1.54) is 0 Å². The number of rotatable bonds is 12. The van der Waals surface area contributed by atoms with Gasteiger partial charge in [0.25, 0.3) is 0 Å². The fourth-order valence-corrected chi connectivity index (χ4v) is 4.51. The second-order valence-corrected chi connectivity index (χ2v) is 9.42. The lowest BCUT2D eigenvalue weighted by molar-refractivity contribution is -0.139. The molecule has 1 aliphatic heterocycles. The largest absolute Gasteiger partial charge is 0.493 e. The molecule has 2 aliphatic rings. The smallest absolute Gasteiger partial charge is 0.338 e. The van der Waals surface area contributed by atoms with Gasteiger partial charge in [-0.3, -0.25) is 4.99 Å². The molecule has 0 aromatic heterocycles. The van der Waals surface area contributed by atoms with Crippen molar-refractivity contribution in [2.45, 2.75) is 34.1 Å². The van der Waals surface area contributed by atoms with Crippen molar-refractivity contribution in [3.63, 3.8) is 0 Å². The summed E-state index contributed by atoms with van der Waals surface area (Å²) in [4.78, 5) is 29.4. The van der Waals surface area contributed by atoms with Crippen molar-refractivity contribution in [2.75, 3.05) is 38.2 Å². The summed E-state index contributed by atoms with van der Waals surface area (Å²) < 4.78 is 22.9. The number of hydrogen-bond acceptors (Lipinski definition) is 8. The number of anilines is 1. The molecule has 1 heterocycles. The average molecular weight is 593 g/mol. The molecule has 0 radical (unpaired) electrons. The monoisotopic (exact) mass is 592 g/mol. The highest BCUT2D eigenvalue weighted by atomic mass is 35.5. The Bertz CT molecular complexity index is 1610. The van der Waals surface area contributed by atoms with Gasteiger partial charge < -0.3 is 23.9 Å². The molecule has 0 spiro atoms. The van der Waals surface area contributed by atoms with E-state index >= 15 is 0 Å². The number of hydrogen-bond donors (Lipinski definition) is 1. The maximum Gasteiger partial charge on any atom is 0.338 e. The highest BCUT2D eigenvalue weighted by molar-refractivity contribution is 6.08. The average Bonchev–Trinajstić information content (AvgIpc) is 2.96. The second-order valence-electron chi connectivity index (χ2n) is 9.42. The Labute approximate surface area is 252 Å². The summed E-state index contributed by atoms with van der Waals surface area (Å²) in [5.74, 6) is 0.291. The Morgan fingerprint density at radius 1 is 0.952 bits per heavy atom. The van der Waals surface area contributed by atoms with Crippen LogP contribution in [0.4, 0.5) is 5.69 Å². The van der Waals surface area contributed by atoms with Crippen molar-refractivity contribution < 1.29 is 28.2 Å². The highest BCUT2D eigenvalue weighted by Gasteiger charge is 2.23. The van der Waals surface area contributed by atoms with Gasteiger partial charge in [-0.15, -0.1) is 12.4 Å². The van der Waals surface area contributed by atoms with E-state index < -0.39 is 11.9 Å². The number of nitrogens with one attached hydrogen (secondary N) is 1. The Hall–Kier alpha value is -4.30. The molecule has 0 atom stereocenters. The van der Waals surface area contributed by atoms with Crippen molar-refractivity contribution in [2.24, 2.45) is 4.99 Å². The van der Waals surface area contributed by atoms with Gasteiger partial charge in [0.1, 0.15) is 17.1 Å². The first-order valence-electron chi connectivity index (χ1n) is 13.9. The van der Waals surface area contributed by atoms with Gasteiger partial charge in [-0.2, -0.15) is 0 Å². The quantitative estimate of drug-likeness (QED) is 0.0814. The van der Waals surface area contributed by atoms with Crippen molar-refractivity contribution >= 4 is 41.0 Å². The molecule has 0 saturated heterocycles. The zero-order valence-electron chi connectivity index (χ0n) is 24.5. The fraction of sp³-hybridized carbons (Fsp3) is 0.303. The highest BCUT2D eigenvalue weighted by Crippen LogP contribution is 2.42. The summed E-state index contributed by atoms with van der Waals surface area (Å²) in [6.45, 7) is 13.2. The van der Waals surface area contributed by atoms with E-state index in [2.05, 4.69) is 16.9 Å². The molecule has 0 unspecified atom stereocenters. The van der Waals surface area contributed by atoms with Gasteiger partial charge >= 0.3 is 11.9 Å². The Balaban J connectivity index is 0.00000484. The molecule has 2 aromatic carbocycles. The number of halogens is 1. The maximum absolute atomic E-state index is 13.3. The fourth-order valence-electron chi connectivity index (χ4n) is 4.51. The van der Waals surface area contributed by atoms with Crippen molar-refractivity contribution in [1.82, 2.24) is 0 Å². The maximum atomic E-state index is 13.3. The molecule has 8 nitrogen and oxygen atoms in total. The number of benzene rings is 3.